The SMILES string of the molecule is [C-]#[N+]c1c(-c2ccccc2)c(C#N)c(-n2c3c(ccc4c5ccccc5sc43)c3ccc4c(sc5cccc(-c6ccccc6)c54)c32)c(-c2cc(-c3ccccc3)cc(-c3ccccc3)c2)c1-n1c2ccccc2c2ccccc21. The highest BCUT2D eigenvalue weighted by atomic mass is 32.1. The number of para-hydroxylation sites is 2. The fourth-order valence-corrected chi connectivity index (χ4v) is 15.3. The largest absolute Gasteiger partial charge is 0.318 e. The van der Waals surface area contributed by atoms with E-state index in [9.17, 15) is 11.8 Å². The van der Waals surface area contributed by atoms with Crippen LogP contribution in [0.4, 0.5) is 5.69 Å². The predicted molar refractivity (Wildman–Crippen MR) is 339 cm³/mol. The second kappa shape index (κ2) is 18.1. The lowest BCUT2D eigenvalue weighted by molar-refractivity contribution is 1.14. The number of hydrogen-bond donors (Lipinski definition) is 0. The molecule has 6 heteroatoms. The number of benzene rings is 12. The van der Waals surface area contributed by atoms with Gasteiger partial charge in [-0.15, -0.1) is 22.7 Å². The third-order valence-electron chi connectivity index (χ3n) is 16.2. The minimum Gasteiger partial charge on any atom is -0.318 e. The quantitative estimate of drug-likeness (QED) is 0.147. The molecule has 0 atom stereocenters. The number of thiophene rings is 2. The minimum absolute atomic E-state index is 0.400. The van der Waals surface area contributed by atoms with Crippen LogP contribution in [-0.2, 0) is 0 Å². The van der Waals surface area contributed by atoms with Crippen LogP contribution in [0.25, 0.3) is 156 Å². The normalized spacial score (nSPS) is 11.7. The molecule has 0 fully saturated rings. The summed E-state index contributed by atoms with van der Waals surface area (Å²) < 4.78 is 9.43. The first-order valence-electron chi connectivity index (χ1n) is 26.8. The number of aromatic nitrogens is 2. The average molecular weight is 1050 g/mol. The molecule has 80 heavy (non-hydrogen) atoms. The van der Waals surface area contributed by atoms with Crippen molar-refractivity contribution in [3.63, 3.8) is 0 Å². The first-order valence-corrected chi connectivity index (χ1v) is 28.4. The first kappa shape index (κ1) is 45.8. The van der Waals surface area contributed by atoms with Crippen LogP contribution in [0.5, 0.6) is 0 Å². The smallest absolute Gasteiger partial charge is 0.220 e. The Hall–Kier alpha value is -10.3. The molecule has 0 spiro atoms. The van der Waals surface area contributed by atoms with E-state index in [1.54, 1.807) is 11.3 Å². The summed E-state index contributed by atoms with van der Waals surface area (Å²) in [7, 11) is 0. The highest BCUT2D eigenvalue weighted by molar-refractivity contribution is 7.27. The second-order valence-electron chi connectivity index (χ2n) is 20.4. The number of nitriles is 1. The Morgan fingerprint density at radius 3 is 1.44 bits per heavy atom. The van der Waals surface area contributed by atoms with Crippen molar-refractivity contribution in [1.29, 1.82) is 5.26 Å². The maximum absolute atomic E-state index is 12.6. The zero-order valence-electron chi connectivity index (χ0n) is 42.9. The maximum atomic E-state index is 12.6. The van der Waals surface area contributed by atoms with Gasteiger partial charge in [-0.2, -0.15) is 5.26 Å². The van der Waals surface area contributed by atoms with E-state index >= 15 is 0 Å². The molecule has 12 aromatic carbocycles. The van der Waals surface area contributed by atoms with Crippen molar-refractivity contribution in [2.75, 3.05) is 0 Å². The van der Waals surface area contributed by atoms with Crippen LogP contribution in [0, 0.1) is 17.9 Å². The zero-order valence-corrected chi connectivity index (χ0v) is 44.5. The summed E-state index contributed by atoms with van der Waals surface area (Å²) in [6.07, 6.45) is 0. The summed E-state index contributed by atoms with van der Waals surface area (Å²) >= 11 is 3.61. The molecule has 4 aromatic heterocycles. The Morgan fingerprint density at radius 2 is 0.838 bits per heavy atom. The third-order valence-corrected chi connectivity index (χ3v) is 18.5. The van der Waals surface area contributed by atoms with E-state index in [0.29, 0.717) is 22.5 Å². The molecule has 16 aromatic rings. The number of rotatable bonds is 7. The molecule has 0 amide bonds. The van der Waals surface area contributed by atoms with E-state index in [-0.39, 0.29) is 0 Å². The van der Waals surface area contributed by atoms with Gasteiger partial charge in [0.2, 0.25) is 5.69 Å². The molecule has 0 aliphatic heterocycles. The van der Waals surface area contributed by atoms with Gasteiger partial charge in [-0.25, -0.2) is 4.85 Å². The minimum atomic E-state index is 0.400. The lowest BCUT2D eigenvalue weighted by Crippen LogP contribution is -2.09. The van der Waals surface area contributed by atoms with Gasteiger partial charge in [-0.3, -0.25) is 0 Å². The molecule has 0 saturated carbocycles. The van der Waals surface area contributed by atoms with Gasteiger partial charge in [0.25, 0.3) is 0 Å². The van der Waals surface area contributed by atoms with Gasteiger partial charge in [0.1, 0.15) is 6.07 Å². The highest BCUT2D eigenvalue weighted by Crippen LogP contribution is 2.56. The molecule has 4 nitrogen and oxygen atoms in total. The molecule has 0 unspecified atom stereocenters. The van der Waals surface area contributed by atoms with Gasteiger partial charge < -0.3 is 9.13 Å². The van der Waals surface area contributed by atoms with Crippen LogP contribution < -0.4 is 0 Å². The fourth-order valence-electron chi connectivity index (χ4n) is 12.8. The lowest BCUT2D eigenvalue weighted by Gasteiger charge is -2.26. The van der Waals surface area contributed by atoms with E-state index < -0.39 is 0 Å². The van der Waals surface area contributed by atoms with Crippen LogP contribution in [0.2, 0.25) is 0 Å². The molecule has 0 aliphatic carbocycles. The van der Waals surface area contributed by atoms with Crippen molar-refractivity contribution in [2.45, 2.75) is 0 Å². The topological polar surface area (TPSA) is 38.0 Å². The standard InChI is InChI=1S/C74H42N4S2/c1-76-68-65(48-27-12-5-13-28-48)60(44-75)69(66(72(68)77-61-33-17-14-29-53(61)54-30-15-18-34-62(54)77)51-42-49(45-21-6-2-7-22-45)41-50(43-51)46-23-8-3-9-24-46)78-70-56(37-39-58-55-31-16-19-35-63(55)79-73(58)70)57-38-40-59-67-52(47-25-10-4-11-26-47)32-20-36-64(67)80-74(59)71(57)78/h2-43H. The predicted octanol–water partition coefficient (Wildman–Crippen LogP) is 21.4. The van der Waals surface area contributed by atoms with Crippen molar-refractivity contribution >= 4 is 112 Å². The molecule has 0 bridgehead atoms. The Balaban J connectivity index is 1.21. The molecule has 0 N–H and O–H groups in total. The number of fused-ring (bicyclic) bond motifs is 14. The lowest BCUT2D eigenvalue weighted by atomic mass is 9.86. The van der Waals surface area contributed by atoms with E-state index in [2.05, 4.69) is 257 Å². The fraction of sp³-hybridized carbons (Fsp3) is 0. The van der Waals surface area contributed by atoms with Gasteiger partial charge in [-0.1, -0.05) is 212 Å². The summed E-state index contributed by atoms with van der Waals surface area (Å²) in [5.41, 5.74) is 15.8. The van der Waals surface area contributed by atoms with Gasteiger partial charge in [0, 0.05) is 63.6 Å². The maximum Gasteiger partial charge on any atom is 0.220 e. The zero-order chi connectivity index (χ0) is 53.0. The molecular weight excluding hydrogens is 1010 g/mol. The molecule has 16 rings (SSSR count). The number of hydrogen-bond acceptors (Lipinski definition) is 3. The Morgan fingerprint density at radius 1 is 0.362 bits per heavy atom. The molecule has 0 radical (unpaired) electrons. The van der Waals surface area contributed by atoms with Crippen molar-refractivity contribution in [3.8, 4) is 73.1 Å². The summed E-state index contributed by atoms with van der Waals surface area (Å²) in [4.78, 5) is 4.69. The van der Waals surface area contributed by atoms with Crippen LogP contribution in [0.3, 0.4) is 0 Å². The van der Waals surface area contributed by atoms with Crippen LogP contribution in [0.15, 0.2) is 255 Å². The summed E-state index contributed by atoms with van der Waals surface area (Å²) in [6, 6.07) is 93.5. The van der Waals surface area contributed by atoms with Gasteiger partial charge in [-0.05, 0) is 87.0 Å². The molecule has 370 valence electrons. The van der Waals surface area contributed by atoms with Crippen molar-refractivity contribution < 1.29 is 0 Å². The Bertz CT molecular complexity index is 5190. The monoisotopic (exact) mass is 1050 g/mol. The van der Waals surface area contributed by atoms with Crippen molar-refractivity contribution in [3.05, 3.63) is 272 Å². The summed E-state index contributed by atoms with van der Waals surface area (Å²) in [5.74, 6) is 0. The van der Waals surface area contributed by atoms with Crippen molar-refractivity contribution in [2.24, 2.45) is 0 Å². The van der Waals surface area contributed by atoms with E-state index in [1.165, 1.54) is 25.7 Å². The first-order chi connectivity index (χ1) is 39.6. The number of nitrogens with zero attached hydrogens (tertiary/aromatic N) is 4. The molecule has 0 saturated heterocycles. The van der Waals surface area contributed by atoms with Gasteiger partial charge >= 0.3 is 0 Å². The third kappa shape index (κ3) is 6.77. The molecule has 0 aliphatic rings. The Kier molecular flexibility index (Phi) is 10.4. The highest BCUT2D eigenvalue weighted by Gasteiger charge is 2.33. The van der Waals surface area contributed by atoms with Crippen molar-refractivity contribution in [1.82, 2.24) is 9.13 Å². The second-order valence-corrected chi connectivity index (χ2v) is 22.5. The summed E-state index contributed by atoms with van der Waals surface area (Å²) in [5, 5.41) is 21.6. The van der Waals surface area contributed by atoms with Gasteiger partial charge in [0.15, 0.2) is 0 Å². The van der Waals surface area contributed by atoms with E-state index in [0.717, 1.165) is 114 Å². The molecule has 4 heterocycles. The molecular formula is C74H42N4S2. The van der Waals surface area contributed by atoms with Gasteiger partial charge in [0.05, 0.1) is 55.0 Å². The summed E-state index contributed by atoms with van der Waals surface area (Å²) in [6.45, 7) is 9.61. The van der Waals surface area contributed by atoms with Crippen LogP contribution >= 0.6 is 22.7 Å². The average Bonchev–Trinajstić information content (AvgIpc) is 4.48. The van der Waals surface area contributed by atoms with E-state index in [1.807, 2.05) is 29.5 Å². The Labute approximate surface area is 468 Å². The van der Waals surface area contributed by atoms with Crippen LogP contribution in [0.1, 0.15) is 5.56 Å². The van der Waals surface area contributed by atoms with E-state index in [4.69, 9.17) is 0 Å². The van der Waals surface area contributed by atoms with Crippen LogP contribution in [-0.4, -0.2) is 9.13 Å².